The van der Waals surface area contributed by atoms with Crippen molar-refractivity contribution in [3.8, 4) is 135 Å². The van der Waals surface area contributed by atoms with Gasteiger partial charge >= 0.3 is 0 Å². The van der Waals surface area contributed by atoms with Gasteiger partial charge in [0, 0.05) is 81.9 Å². The van der Waals surface area contributed by atoms with Crippen LogP contribution in [0.3, 0.4) is 0 Å². The molecule has 0 fully saturated rings. The monoisotopic (exact) mass is 1630 g/mol. The number of para-hydroxylation sites is 1. The molecule has 0 saturated carbocycles. The molecule has 26 aromatic rings. The van der Waals surface area contributed by atoms with Crippen LogP contribution >= 0.6 is 0 Å². The van der Waals surface area contributed by atoms with Gasteiger partial charge in [0.25, 0.3) is 0 Å². The molecule has 0 saturated heterocycles. The molecule has 0 N–H and O–H groups in total. The Balaban J connectivity index is 0.618. The van der Waals surface area contributed by atoms with Crippen LogP contribution in [0.15, 0.2) is 433 Å². The molecule has 0 radical (unpaired) electrons. The van der Waals surface area contributed by atoms with Crippen LogP contribution in [-0.4, -0.2) is 39.0 Å². The van der Waals surface area contributed by atoms with Crippen molar-refractivity contribution < 1.29 is 8.83 Å². The lowest BCUT2D eigenvalue weighted by molar-refractivity contribution is 0.666. The third-order valence-corrected chi connectivity index (χ3v) is 25.7. The van der Waals surface area contributed by atoms with Gasteiger partial charge in [0.05, 0.1) is 33.4 Å². The van der Waals surface area contributed by atoms with Gasteiger partial charge in [-0.25, -0.2) is 29.9 Å². The number of nitrogens with zero attached hydrogens (tertiary/aromatic N) is 8. The minimum atomic E-state index is 0.525. The van der Waals surface area contributed by atoms with Crippen LogP contribution in [0.5, 0.6) is 0 Å². The van der Waals surface area contributed by atoms with Gasteiger partial charge in [-0.15, -0.1) is 0 Å². The Hall–Kier alpha value is -17.3. The lowest BCUT2D eigenvalue weighted by Crippen LogP contribution is -2.02. The molecular weight excluding hydrogens is 1560 g/mol. The summed E-state index contributed by atoms with van der Waals surface area (Å²) in [5.41, 5.74) is 24.9. The molecule has 6 aromatic heterocycles. The molecule has 6 heterocycles. The smallest absolute Gasteiger partial charge is 0.164 e. The van der Waals surface area contributed by atoms with Gasteiger partial charge in [-0.2, -0.15) is 0 Å². The quantitative estimate of drug-likeness (QED) is 0.112. The highest BCUT2D eigenvalue weighted by Gasteiger charge is 2.28. The van der Waals surface area contributed by atoms with Crippen LogP contribution < -0.4 is 0 Å². The Bertz CT molecular complexity index is 8960. The third kappa shape index (κ3) is 12.0. The average Bonchev–Trinajstić information content (AvgIpc) is 1.54. The van der Waals surface area contributed by atoms with Crippen LogP contribution in [0, 0.1) is 0 Å². The lowest BCUT2D eigenvalue weighted by atomic mass is 9.96. The largest absolute Gasteiger partial charge is 0.454 e. The molecule has 0 aliphatic rings. The Labute approximate surface area is 733 Å². The summed E-state index contributed by atoms with van der Waals surface area (Å²) >= 11 is 0. The van der Waals surface area contributed by atoms with Crippen molar-refractivity contribution in [2.45, 2.75) is 0 Å². The lowest BCUT2D eigenvalue weighted by Gasteiger charge is -2.14. The van der Waals surface area contributed by atoms with Crippen LogP contribution in [0.1, 0.15) is 0 Å². The highest BCUT2D eigenvalue weighted by atomic mass is 16.3. The summed E-state index contributed by atoms with van der Waals surface area (Å²) in [7, 11) is 0. The molecule has 10 heteroatoms. The normalized spacial score (nSPS) is 11.9. The first-order valence-corrected chi connectivity index (χ1v) is 43.3. The first-order valence-electron chi connectivity index (χ1n) is 43.3. The topological polar surface area (TPSA) is 113 Å². The molecule has 0 atom stereocenters. The Morgan fingerprint density at radius 2 is 0.539 bits per heavy atom. The van der Waals surface area contributed by atoms with Crippen molar-refractivity contribution in [2.24, 2.45) is 0 Å². The van der Waals surface area contributed by atoms with Crippen molar-refractivity contribution >= 4 is 131 Å². The molecule has 0 unspecified atom stereocenters. The molecule has 0 spiro atoms. The fraction of sp³-hybridized carbons (Fsp3) is 0. The van der Waals surface area contributed by atoms with E-state index in [2.05, 4.69) is 416 Å². The van der Waals surface area contributed by atoms with E-state index in [1.807, 2.05) is 18.2 Å². The first kappa shape index (κ1) is 72.3. The SMILES string of the molecule is c1ccc(-c2cccc(-c3nc(-c4ccc(-c5ccc(-c6cccc7c6c6cc8ccccc8cc6n7-c6cc(-c7nc(-c8cccc(-c9ccccc9)c8)nc(-c8cccc(-c9ccccc9)c8)n7)cc7c6oc6ccc8ccccc8c67)cc5)cc4)nc(-c4cc(-n5c6ccccc6c6cc7ccccc7cc65)c5oc6c7ccccc7ccc6c5c4)n3)c2)cc1. The number of rotatable bonds is 13. The number of hydrogen-bond acceptors (Lipinski definition) is 8. The minimum Gasteiger partial charge on any atom is -0.454 e. The molecule has 0 amide bonds. The molecule has 0 aliphatic heterocycles. The van der Waals surface area contributed by atoms with E-state index in [-0.39, 0.29) is 0 Å². The Morgan fingerprint density at radius 1 is 0.164 bits per heavy atom. The van der Waals surface area contributed by atoms with Gasteiger partial charge < -0.3 is 18.0 Å². The number of furan rings is 2. The standard InChI is InChI=1S/C118H70N8O2/c1-4-24-71(25-5-1)80-36-20-39-87(60-80)114-119-113(120-117(122-114)90-65-98-96-58-56-77-31-15-17-43-94(77)110(96)128-111(98)105(69-90)125-101-46-19-18-44-95(101)97-63-83-32-10-12-34-85(83)67-103(97)125)79-54-50-75(51-55-79)74-48-52-78(53-49-74)92-45-23-47-102-108(92)99-64-84-33-11-13-35-86(84)68-104(99)126(102)106-70-91(66-100-109-93-42-16-14-30-76(93)57-59-107(109)127-112(100)106)118-123-115(88-40-21-37-81(61-88)72-26-6-2-7-27-72)121-116(124-118)89-41-22-38-82(62-89)73-28-8-3-9-29-73/h1-70H. The Kier molecular flexibility index (Phi) is 16.5. The summed E-state index contributed by atoms with van der Waals surface area (Å²) in [5, 5.41) is 17.4. The zero-order chi connectivity index (χ0) is 84.0. The second-order valence-electron chi connectivity index (χ2n) is 33.2. The maximum absolute atomic E-state index is 7.35. The predicted molar refractivity (Wildman–Crippen MR) is 526 cm³/mol. The van der Waals surface area contributed by atoms with Crippen LogP contribution in [0.2, 0.25) is 0 Å². The number of hydrogen-bond donors (Lipinski definition) is 0. The van der Waals surface area contributed by atoms with Gasteiger partial charge in [-0.1, -0.05) is 334 Å². The second-order valence-corrected chi connectivity index (χ2v) is 33.2. The van der Waals surface area contributed by atoms with Crippen molar-refractivity contribution in [3.05, 3.63) is 425 Å². The highest BCUT2D eigenvalue weighted by Crippen LogP contribution is 2.49. The predicted octanol–water partition coefficient (Wildman–Crippen LogP) is 31.0. The maximum Gasteiger partial charge on any atom is 0.164 e. The molecule has 10 nitrogen and oxygen atoms in total. The van der Waals surface area contributed by atoms with Crippen molar-refractivity contribution in [2.75, 3.05) is 0 Å². The molecular formula is C118H70N8O2. The summed E-state index contributed by atoms with van der Waals surface area (Å²) in [4.78, 5) is 33.0. The molecule has 594 valence electrons. The van der Waals surface area contributed by atoms with E-state index in [9.17, 15) is 0 Å². The average molecular weight is 1630 g/mol. The fourth-order valence-electron chi connectivity index (χ4n) is 19.6. The van der Waals surface area contributed by atoms with Gasteiger partial charge in [-0.3, -0.25) is 0 Å². The van der Waals surface area contributed by atoms with E-state index >= 15 is 0 Å². The fourth-order valence-corrected chi connectivity index (χ4v) is 19.6. The number of aromatic nitrogens is 8. The zero-order valence-electron chi connectivity index (χ0n) is 68.8. The van der Waals surface area contributed by atoms with E-state index in [1.165, 1.54) is 5.39 Å². The van der Waals surface area contributed by atoms with E-state index < -0.39 is 0 Å². The summed E-state index contributed by atoms with van der Waals surface area (Å²) in [6.45, 7) is 0. The third-order valence-electron chi connectivity index (χ3n) is 25.7. The summed E-state index contributed by atoms with van der Waals surface area (Å²) in [6.07, 6.45) is 0. The number of fused-ring (bicyclic) bond motifs is 18. The van der Waals surface area contributed by atoms with Gasteiger partial charge in [-0.05, 0) is 184 Å². The van der Waals surface area contributed by atoms with E-state index in [4.69, 9.17) is 38.7 Å². The van der Waals surface area contributed by atoms with E-state index in [0.717, 1.165) is 226 Å². The molecule has 0 bridgehead atoms. The molecule has 0 aliphatic carbocycles. The van der Waals surface area contributed by atoms with Gasteiger partial charge in [0.2, 0.25) is 0 Å². The maximum atomic E-state index is 7.35. The first-order chi connectivity index (χ1) is 63.4. The Morgan fingerprint density at radius 3 is 1.09 bits per heavy atom. The molecule has 26 rings (SSSR count). The van der Waals surface area contributed by atoms with E-state index in [0.29, 0.717) is 34.9 Å². The molecule has 20 aromatic carbocycles. The zero-order valence-corrected chi connectivity index (χ0v) is 68.8. The van der Waals surface area contributed by atoms with E-state index in [1.54, 1.807) is 0 Å². The summed E-state index contributed by atoms with van der Waals surface area (Å²) in [6, 6.07) is 151. The van der Waals surface area contributed by atoms with Crippen molar-refractivity contribution in [3.63, 3.8) is 0 Å². The minimum absolute atomic E-state index is 0.525. The van der Waals surface area contributed by atoms with Crippen molar-refractivity contribution in [1.29, 1.82) is 0 Å². The van der Waals surface area contributed by atoms with Crippen molar-refractivity contribution in [1.82, 2.24) is 39.0 Å². The van der Waals surface area contributed by atoms with Crippen LogP contribution in [0.25, 0.3) is 266 Å². The van der Waals surface area contributed by atoms with Gasteiger partial charge in [0.1, 0.15) is 11.2 Å². The van der Waals surface area contributed by atoms with Crippen LogP contribution in [-0.2, 0) is 0 Å². The highest BCUT2D eigenvalue weighted by molar-refractivity contribution is 6.24. The summed E-state index contributed by atoms with van der Waals surface area (Å²) in [5.74, 6) is 3.27. The molecule has 128 heavy (non-hydrogen) atoms. The van der Waals surface area contributed by atoms with Gasteiger partial charge in [0.15, 0.2) is 46.1 Å². The van der Waals surface area contributed by atoms with Crippen LogP contribution in [0.4, 0.5) is 0 Å². The number of benzene rings is 20. The second kappa shape index (κ2) is 29.2. The summed E-state index contributed by atoms with van der Waals surface area (Å²) < 4.78 is 19.4.